The number of carbonyl (C=O) groups excluding carboxylic acids is 1. The van der Waals surface area contributed by atoms with Gasteiger partial charge < -0.3 is 14.5 Å². The largest absolute Gasteiger partial charge is 0.436 e. The van der Waals surface area contributed by atoms with Crippen molar-refractivity contribution in [1.29, 1.82) is 0 Å². The molecule has 5 nitrogen and oxygen atoms in total. The van der Waals surface area contributed by atoms with Crippen molar-refractivity contribution < 1.29 is 13.9 Å². The van der Waals surface area contributed by atoms with E-state index in [9.17, 15) is 4.79 Å². The Balaban J connectivity index is 2.33. The zero-order chi connectivity index (χ0) is 12.0. The molecule has 1 heterocycles. The summed E-state index contributed by atoms with van der Waals surface area (Å²) in [5.41, 5.74) is 0.594. The number of nitrogens with one attached hydrogen (secondary N) is 1. The SMILES string of the molecule is Cc1nc(C)c(C(=O)NCCOCCCl)o1. The van der Waals surface area contributed by atoms with Gasteiger partial charge in [-0.3, -0.25) is 4.79 Å². The van der Waals surface area contributed by atoms with Gasteiger partial charge in [-0.15, -0.1) is 11.6 Å². The van der Waals surface area contributed by atoms with Crippen LogP contribution in [0.1, 0.15) is 22.1 Å². The molecular formula is C10H15ClN2O3. The number of aryl methyl sites for hydroxylation is 2. The lowest BCUT2D eigenvalue weighted by atomic mass is 10.3. The van der Waals surface area contributed by atoms with Gasteiger partial charge in [0.1, 0.15) is 0 Å². The number of amides is 1. The molecule has 1 aromatic rings. The molecular weight excluding hydrogens is 232 g/mol. The minimum absolute atomic E-state index is 0.259. The van der Waals surface area contributed by atoms with Crippen LogP contribution in [0.15, 0.2) is 4.42 Å². The van der Waals surface area contributed by atoms with Crippen molar-refractivity contribution in [2.24, 2.45) is 0 Å². The number of nitrogens with zero attached hydrogens (tertiary/aromatic N) is 1. The van der Waals surface area contributed by atoms with Gasteiger partial charge in [0.2, 0.25) is 5.76 Å². The Hall–Kier alpha value is -1.07. The van der Waals surface area contributed by atoms with Gasteiger partial charge in [0.05, 0.1) is 18.9 Å². The van der Waals surface area contributed by atoms with Crippen molar-refractivity contribution in [2.45, 2.75) is 13.8 Å². The fraction of sp³-hybridized carbons (Fsp3) is 0.600. The highest BCUT2D eigenvalue weighted by molar-refractivity contribution is 6.17. The Bertz CT molecular complexity index is 352. The molecule has 0 saturated heterocycles. The predicted octanol–water partition coefficient (Wildman–Crippen LogP) is 1.28. The maximum Gasteiger partial charge on any atom is 0.289 e. The van der Waals surface area contributed by atoms with E-state index < -0.39 is 0 Å². The Morgan fingerprint density at radius 3 is 2.81 bits per heavy atom. The molecule has 0 aliphatic heterocycles. The lowest BCUT2D eigenvalue weighted by Crippen LogP contribution is -2.27. The molecule has 0 spiro atoms. The molecule has 0 aliphatic carbocycles. The number of hydrogen-bond donors (Lipinski definition) is 1. The quantitative estimate of drug-likeness (QED) is 0.607. The van der Waals surface area contributed by atoms with Crippen LogP contribution in [0.25, 0.3) is 0 Å². The molecule has 1 aromatic heterocycles. The number of carbonyl (C=O) groups is 1. The van der Waals surface area contributed by atoms with E-state index >= 15 is 0 Å². The van der Waals surface area contributed by atoms with E-state index in [1.165, 1.54) is 0 Å². The van der Waals surface area contributed by atoms with Gasteiger partial charge in [0.25, 0.3) is 5.91 Å². The molecule has 0 saturated carbocycles. The van der Waals surface area contributed by atoms with Crippen LogP contribution in [0.2, 0.25) is 0 Å². The van der Waals surface area contributed by atoms with Crippen LogP contribution < -0.4 is 5.32 Å². The monoisotopic (exact) mass is 246 g/mol. The van der Waals surface area contributed by atoms with Gasteiger partial charge >= 0.3 is 0 Å². The van der Waals surface area contributed by atoms with Crippen molar-refractivity contribution >= 4 is 17.5 Å². The molecule has 0 unspecified atom stereocenters. The highest BCUT2D eigenvalue weighted by Crippen LogP contribution is 2.08. The average Bonchev–Trinajstić information content (AvgIpc) is 2.57. The van der Waals surface area contributed by atoms with Crippen LogP contribution in [-0.2, 0) is 4.74 Å². The summed E-state index contributed by atoms with van der Waals surface area (Å²) in [6.07, 6.45) is 0. The molecule has 0 atom stereocenters. The fourth-order valence-corrected chi connectivity index (χ4v) is 1.32. The van der Waals surface area contributed by atoms with Crippen LogP contribution in [0.5, 0.6) is 0 Å². The molecule has 0 bridgehead atoms. The van der Waals surface area contributed by atoms with Crippen molar-refractivity contribution in [1.82, 2.24) is 10.3 Å². The standard InChI is InChI=1S/C10H15ClN2O3/c1-7-9(16-8(2)13-7)10(14)12-4-6-15-5-3-11/h3-6H2,1-2H3,(H,12,14). The zero-order valence-electron chi connectivity index (χ0n) is 9.38. The molecule has 0 aliphatic rings. The summed E-state index contributed by atoms with van der Waals surface area (Å²) in [5, 5.41) is 2.67. The average molecular weight is 247 g/mol. The Morgan fingerprint density at radius 2 is 2.25 bits per heavy atom. The number of alkyl halides is 1. The zero-order valence-corrected chi connectivity index (χ0v) is 10.1. The van der Waals surface area contributed by atoms with Crippen LogP contribution in [0, 0.1) is 13.8 Å². The minimum atomic E-state index is -0.271. The van der Waals surface area contributed by atoms with E-state index in [0.29, 0.717) is 37.2 Å². The van der Waals surface area contributed by atoms with Crippen LogP contribution in [0.4, 0.5) is 0 Å². The molecule has 90 valence electrons. The molecule has 0 radical (unpaired) electrons. The first kappa shape index (κ1) is 13.0. The molecule has 1 amide bonds. The van der Waals surface area contributed by atoms with Gasteiger partial charge in [0, 0.05) is 19.3 Å². The van der Waals surface area contributed by atoms with Crippen LogP contribution >= 0.6 is 11.6 Å². The number of halogens is 1. The first-order chi connectivity index (χ1) is 7.65. The van der Waals surface area contributed by atoms with Gasteiger partial charge in [0.15, 0.2) is 5.89 Å². The van der Waals surface area contributed by atoms with E-state index in [-0.39, 0.29) is 11.7 Å². The summed E-state index contributed by atoms with van der Waals surface area (Å²) in [4.78, 5) is 15.6. The van der Waals surface area contributed by atoms with E-state index in [4.69, 9.17) is 20.8 Å². The summed E-state index contributed by atoms with van der Waals surface area (Å²) < 4.78 is 10.3. The lowest BCUT2D eigenvalue weighted by molar-refractivity contribution is 0.0894. The number of ether oxygens (including phenoxy) is 1. The summed E-state index contributed by atoms with van der Waals surface area (Å²) >= 11 is 5.43. The summed E-state index contributed by atoms with van der Waals surface area (Å²) in [6, 6.07) is 0. The second-order valence-corrected chi connectivity index (χ2v) is 3.58. The predicted molar refractivity (Wildman–Crippen MR) is 59.8 cm³/mol. The Labute approximate surface area is 99.1 Å². The smallest absolute Gasteiger partial charge is 0.289 e. The topological polar surface area (TPSA) is 64.4 Å². The van der Waals surface area contributed by atoms with Crippen LogP contribution in [-0.4, -0.2) is 36.5 Å². The first-order valence-corrected chi connectivity index (χ1v) is 5.54. The third-order valence-electron chi connectivity index (χ3n) is 1.86. The van der Waals surface area contributed by atoms with E-state index in [1.54, 1.807) is 13.8 Å². The van der Waals surface area contributed by atoms with Gasteiger partial charge in [-0.05, 0) is 6.92 Å². The molecule has 6 heteroatoms. The van der Waals surface area contributed by atoms with Gasteiger partial charge in [-0.25, -0.2) is 4.98 Å². The molecule has 16 heavy (non-hydrogen) atoms. The van der Waals surface area contributed by atoms with Crippen molar-refractivity contribution in [3.8, 4) is 0 Å². The number of hydrogen-bond acceptors (Lipinski definition) is 4. The second-order valence-electron chi connectivity index (χ2n) is 3.20. The number of oxazole rings is 1. The van der Waals surface area contributed by atoms with Gasteiger partial charge in [-0.2, -0.15) is 0 Å². The first-order valence-electron chi connectivity index (χ1n) is 5.01. The van der Waals surface area contributed by atoms with E-state index in [1.807, 2.05) is 0 Å². The summed E-state index contributed by atoms with van der Waals surface area (Å²) in [5.74, 6) is 0.928. The highest BCUT2D eigenvalue weighted by atomic mass is 35.5. The Kier molecular flexibility index (Phi) is 5.28. The fourth-order valence-electron chi connectivity index (χ4n) is 1.22. The third kappa shape index (κ3) is 3.83. The molecule has 1 N–H and O–H groups in total. The number of aromatic nitrogens is 1. The van der Waals surface area contributed by atoms with Crippen molar-refractivity contribution in [3.63, 3.8) is 0 Å². The maximum absolute atomic E-state index is 11.6. The minimum Gasteiger partial charge on any atom is -0.436 e. The second kappa shape index (κ2) is 6.50. The lowest BCUT2D eigenvalue weighted by Gasteiger charge is -2.03. The van der Waals surface area contributed by atoms with Crippen molar-refractivity contribution in [3.05, 3.63) is 17.3 Å². The summed E-state index contributed by atoms with van der Waals surface area (Å²) in [7, 11) is 0. The van der Waals surface area contributed by atoms with E-state index in [0.717, 1.165) is 0 Å². The normalized spacial score (nSPS) is 10.4. The third-order valence-corrected chi connectivity index (χ3v) is 2.02. The van der Waals surface area contributed by atoms with Crippen molar-refractivity contribution in [2.75, 3.05) is 25.6 Å². The molecule has 0 aromatic carbocycles. The van der Waals surface area contributed by atoms with Gasteiger partial charge in [-0.1, -0.05) is 0 Å². The summed E-state index contributed by atoms with van der Waals surface area (Å²) in [6.45, 7) is 4.78. The highest BCUT2D eigenvalue weighted by Gasteiger charge is 2.14. The number of rotatable bonds is 6. The molecule has 0 fully saturated rings. The van der Waals surface area contributed by atoms with E-state index in [2.05, 4.69) is 10.3 Å². The Morgan fingerprint density at radius 1 is 1.50 bits per heavy atom. The van der Waals surface area contributed by atoms with Crippen LogP contribution in [0.3, 0.4) is 0 Å². The maximum atomic E-state index is 11.6. The molecule has 1 rings (SSSR count).